The molecule has 1 nitrogen and oxygen atoms in total. The SMILES string of the molecule is CC(C)(C)/C=C/C1=CC(=O)CC(C)(C)C1. The van der Waals surface area contributed by atoms with Gasteiger partial charge < -0.3 is 0 Å². The van der Waals surface area contributed by atoms with Crippen LogP contribution in [0, 0.1) is 10.8 Å². The summed E-state index contributed by atoms with van der Waals surface area (Å²) in [5.41, 5.74) is 1.49. The molecule has 1 heteroatoms. The lowest BCUT2D eigenvalue weighted by Crippen LogP contribution is -2.21. The fourth-order valence-corrected chi connectivity index (χ4v) is 1.86. The van der Waals surface area contributed by atoms with Crippen LogP contribution >= 0.6 is 0 Å². The average Bonchev–Trinajstić information content (AvgIpc) is 1.95. The van der Waals surface area contributed by atoms with Gasteiger partial charge in [-0.05, 0) is 28.9 Å². The molecule has 1 aliphatic rings. The van der Waals surface area contributed by atoms with Gasteiger partial charge in [0.05, 0.1) is 0 Å². The van der Waals surface area contributed by atoms with E-state index in [0.29, 0.717) is 6.42 Å². The molecule has 84 valence electrons. The van der Waals surface area contributed by atoms with Crippen molar-refractivity contribution in [2.24, 2.45) is 10.8 Å². The molecule has 0 saturated heterocycles. The molecule has 0 aromatic rings. The smallest absolute Gasteiger partial charge is 0.156 e. The molecule has 0 unspecified atom stereocenters. The Balaban J connectivity index is 2.79. The highest BCUT2D eigenvalue weighted by Gasteiger charge is 2.26. The van der Waals surface area contributed by atoms with E-state index in [4.69, 9.17) is 0 Å². The van der Waals surface area contributed by atoms with Crippen molar-refractivity contribution in [2.75, 3.05) is 0 Å². The van der Waals surface area contributed by atoms with Crippen LogP contribution in [-0.2, 0) is 4.79 Å². The predicted octanol–water partition coefficient (Wildman–Crippen LogP) is 3.90. The summed E-state index contributed by atoms with van der Waals surface area (Å²) in [5, 5.41) is 0. The van der Waals surface area contributed by atoms with E-state index in [1.54, 1.807) is 6.08 Å². The van der Waals surface area contributed by atoms with Gasteiger partial charge in [-0.15, -0.1) is 0 Å². The normalized spacial score (nSPS) is 21.9. The van der Waals surface area contributed by atoms with Gasteiger partial charge in [-0.3, -0.25) is 4.79 Å². The summed E-state index contributed by atoms with van der Waals surface area (Å²) in [6.45, 7) is 10.8. The molecular weight excluding hydrogens is 184 g/mol. The molecule has 0 bridgehead atoms. The first kappa shape index (κ1) is 12.2. The summed E-state index contributed by atoms with van der Waals surface area (Å²) in [7, 11) is 0. The molecule has 15 heavy (non-hydrogen) atoms. The van der Waals surface area contributed by atoms with Crippen molar-refractivity contribution in [1.29, 1.82) is 0 Å². The number of ketones is 1. The Morgan fingerprint density at radius 3 is 2.33 bits per heavy atom. The maximum atomic E-state index is 11.5. The molecule has 0 amide bonds. The Morgan fingerprint density at radius 1 is 1.27 bits per heavy atom. The summed E-state index contributed by atoms with van der Waals surface area (Å²) < 4.78 is 0. The van der Waals surface area contributed by atoms with E-state index in [9.17, 15) is 4.79 Å². The zero-order valence-electron chi connectivity index (χ0n) is 10.6. The molecule has 0 aromatic carbocycles. The molecule has 0 radical (unpaired) electrons. The van der Waals surface area contributed by atoms with Gasteiger partial charge in [0.15, 0.2) is 5.78 Å². The molecule has 0 atom stereocenters. The Kier molecular flexibility index (Phi) is 3.22. The number of allylic oxidation sites excluding steroid dienone is 4. The monoisotopic (exact) mass is 206 g/mol. The van der Waals surface area contributed by atoms with Crippen LogP contribution in [0.1, 0.15) is 47.5 Å². The second-order valence-electron chi connectivity index (χ2n) is 6.40. The van der Waals surface area contributed by atoms with Gasteiger partial charge in [-0.1, -0.05) is 46.8 Å². The topological polar surface area (TPSA) is 17.1 Å². The van der Waals surface area contributed by atoms with Crippen molar-refractivity contribution in [3.63, 3.8) is 0 Å². The van der Waals surface area contributed by atoms with Crippen LogP contribution in [0.25, 0.3) is 0 Å². The van der Waals surface area contributed by atoms with Crippen molar-refractivity contribution in [1.82, 2.24) is 0 Å². The first-order chi connectivity index (χ1) is 6.68. The largest absolute Gasteiger partial charge is 0.295 e. The number of hydrogen-bond acceptors (Lipinski definition) is 1. The van der Waals surface area contributed by atoms with Crippen molar-refractivity contribution >= 4 is 5.78 Å². The van der Waals surface area contributed by atoms with Crippen molar-refractivity contribution in [3.05, 3.63) is 23.8 Å². The van der Waals surface area contributed by atoms with E-state index in [2.05, 4.69) is 46.8 Å². The van der Waals surface area contributed by atoms with Gasteiger partial charge in [-0.2, -0.15) is 0 Å². The lowest BCUT2D eigenvalue weighted by Gasteiger charge is -2.28. The van der Waals surface area contributed by atoms with Crippen LogP contribution in [0.3, 0.4) is 0 Å². The van der Waals surface area contributed by atoms with E-state index in [-0.39, 0.29) is 16.6 Å². The zero-order chi connectivity index (χ0) is 11.7. The Hall–Kier alpha value is -0.850. The molecule has 0 spiro atoms. The lowest BCUT2D eigenvalue weighted by atomic mass is 9.76. The highest BCUT2D eigenvalue weighted by Crippen LogP contribution is 2.34. The molecule has 1 rings (SSSR count). The highest BCUT2D eigenvalue weighted by molar-refractivity contribution is 5.92. The van der Waals surface area contributed by atoms with Crippen LogP contribution in [-0.4, -0.2) is 5.78 Å². The third kappa shape index (κ3) is 4.46. The first-order valence-corrected chi connectivity index (χ1v) is 5.61. The second-order valence-corrected chi connectivity index (χ2v) is 6.40. The average molecular weight is 206 g/mol. The van der Waals surface area contributed by atoms with Gasteiger partial charge in [0.1, 0.15) is 0 Å². The number of rotatable bonds is 1. The molecule has 0 aliphatic heterocycles. The minimum atomic E-state index is 0.128. The molecular formula is C14H22O. The molecule has 0 saturated carbocycles. The lowest BCUT2D eigenvalue weighted by molar-refractivity contribution is -0.116. The van der Waals surface area contributed by atoms with E-state index in [1.165, 1.54) is 5.57 Å². The van der Waals surface area contributed by atoms with Crippen molar-refractivity contribution < 1.29 is 4.79 Å². The Morgan fingerprint density at radius 2 is 1.87 bits per heavy atom. The minimum absolute atomic E-state index is 0.128. The van der Waals surface area contributed by atoms with Gasteiger partial charge in [0.2, 0.25) is 0 Å². The molecule has 1 aliphatic carbocycles. The molecule has 0 heterocycles. The van der Waals surface area contributed by atoms with Gasteiger partial charge in [-0.25, -0.2) is 0 Å². The van der Waals surface area contributed by atoms with E-state index in [0.717, 1.165) is 6.42 Å². The van der Waals surface area contributed by atoms with Crippen LogP contribution in [0.15, 0.2) is 23.8 Å². The summed E-state index contributed by atoms with van der Waals surface area (Å²) in [6, 6.07) is 0. The summed E-state index contributed by atoms with van der Waals surface area (Å²) >= 11 is 0. The fourth-order valence-electron chi connectivity index (χ4n) is 1.86. The second kappa shape index (κ2) is 3.96. The van der Waals surface area contributed by atoms with Crippen LogP contribution in [0.2, 0.25) is 0 Å². The number of carbonyl (C=O) groups excluding carboxylic acids is 1. The first-order valence-electron chi connectivity index (χ1n) is 5.61. The van der Waals surface area contributed by atoms with Gasteiger partial charge >= 0.3 is 0 Å². The quantitative estimate of drug-likeness (QED) is 0.636. The standard InChI is InChI=1S/C14H22O/c1-13(2,3)7-6-11-8-12(15)10-14(4,5)9-11/h6-8H,9-10H2,1-5H3/b7-6+. The van der Waals surface area contributed by atoms with Gasteiger partial charge in [0, 0.05) is 6.42 Å². The van der Waals surface area contributed by atoms with Crippen LogP contribution < -0.4 is 0 Å². The third-order valence-electron chi connectivity index (χ3n) is 2.48. The number of hydrogen-bond donors (Lipinski definition) is 0. The maximum absolute atomic E-state index is 11.5. The minimum Gasteiger partial charge on any atom is -0.295 e. The Labute approximate surface area is 93.3 Å². The van der Waals surface area contributed by atoms with E-state index in [1.807, 2.05) is 0 Å². The number of carbonyl (C=O) groups is 1. The summed E-state index contributed by atoms with van der Waals surface area (Å²) in [6.07, 6.45) is 7.77. The van der Waals surface area contributed by atoms with E-state index < -0.39 is 0 Å². The van der Waals surface area contributed by atoms with Gasteiger partial charge in [0.25, 0.3) is 0 Å². The van der Waals surface area contributed by atoms with Crippen LogP contribution in [0.4, 0.5) is 0 Å². The maximum Gasteiger partial charge on any atom is 0.156 e. The zero-order valence-corrected chi connectivity index (χ0v) is 10.6. The van der Waals surface area contributed by atoms with Crippen molar-refractivity contribution in [2.45, 2.75) is 47.5 Å². The fraction of sp³-hybridized carbons (Fsp3) is 0.643. The summed E-state index contributed by atoms with van der Waals surface area (Å²) in [4.78, 5) is 11.5. The third-order valence-corrected chi connectivity index (χ3v) is 2.48. The Bertz CT molecular complexity index is 311. The molecule has 0 fully saturated rings. The highest BCUT2D eigenvalue weighted by atomic mass is 16.1. The predicted molar refractivity (Wildman–Crippen MR) is 64.7 cm³/mol. The van der Waals surface area contributed by atoms with E-state index >= 15 is 0 Å². The molecule has 0 N–H and O–H groups in total. The van der Waals surface area contributed by atoms with Crippen molar-refractivity contribution in [3.8, 4) is 0 Å². The molecule has 0 aromatic heterocycles. The summed E-state index contributed by atoms with van der Waals surface area (Å²) in [5.74, 6) is 0.264. The van der Waals surface area contributed by atoms with Crippen LogP contribution in [0.5, 0.6) is 0 Å².